The Bertz CT molecular complexity index is 457. The average molecular weight is 278 g/mol. The van der Waals surface area contributed by atoms with E-state index in [1.807, 2.05) is 0 Å². The lowest BCUT2D eigenvalue weighted by molar-refractivity contribution is 0.215. The van der Waals surface area contributed by atoms with Crippen LogP contribution in [0.4, 0.5) is 10.5 Å². The maximum absolute atomic E-state index is 12.2. The molecule has 1 aliphatic heterocycles. The van der Waals surface area contributed by atoms with Crippen LogP contribution in [0.15, 0.2) is 18.2 Å². The Kier molecular flexibility index (Phi) is 5.06. The summed E-state index contributed by atoms with van der Waals surface area (Å²) in [5.41, 5.74) is 0.689. The summed E-state index contributed by atoms with van der Waals surface area (Å²) in [4.78, 5) is 14.0. The number of nitrogens with one attached hydrogen (secondary N) is 1. The second kappa shape index (κ2) is 7.00. The van der Waals surface area contributed by atoms with Crippen LogP contribution in [0.3, 0.4) is 0 Å². The minimum atomic E-state index is -0.102. The standard InChI is InChI=1S/C14H20N3O3/c1-19-12-5-4-11(10-13(12)20-2)16-14(18)17-8-3-6-15-7-9-17/h4-5,10H,3,6-9H2,1-2H3,(H,16,18). The van der Waals surface area contributed by atoms with Gasteiger partial charge in [0.1, 0.15) is 0 Å². The summed E-state index contributed by atoms with van der Waals surface area (Å²) < 4.78 is 10.4. The Morgan fingerprint density at radius 2 is 2.00 bits per heavy atom. The van der Waals surface area contributed by atoms with E-state index in [4.69, 9.17) is 9.47 Å². The number of nitrogens with zero attached hydrogens (tertiary/aromatic N) is 2. The highest BCUT2D eigenvalue weighted by atomic mass is 16.5. The van der Waals surface area contributed by atoms with Gasteiger partial charge in [-0.05, 0) is 18.6 Å². The second-order valence-electron chi connectivity index (χ2n) is 4.51. The summed E-state index contributed by atoms with van der Waals surface area (Å²) in [6, 6.07) is 5.21. The largest absolute Gasteiger partial charge is 0.493 e. The number of ether oxygens (including phenoxy) is 2. The third kappa shape index (κ3) is 3.54. The molecule has 0 spiro atoms. The van der Waals surface area contributed by atoms with Crippen molar-refractivity contribution in [3.63, 3.8) is 0 Å². The summed E-state index contributed by atoms with van der Waals surface area (Å²) in [7, 11) is 3.15. The Balaban J connectivity index is 2.03. The van der Waals surface area contributed by atoms with Gasteiger partial charge in [-0.15, -0.1) is 0 Å². The molecule has 1 saturated heterocycles. The molecule has 0 unspecified atom stereocenters. The third-order valence-corrected chi connectivity index (χ3v) is 3.19. The maximum Gasteiger partial charge on any atom is 0.321 e. The molecule has 0 saturated carbocycles. The number of urea groups is 1. The van der Waals surface area contributed by atoms with Crippen molar-refractivity contribution in [2.75, 3.05) is 45.7 Å². The summed E-state index contributed by atoms with van der Waals surface area (Å²) in [6.45, 7) is 2.95. The Morgan fingerprint density at radius 1 is 1.20 bits per heavy atom. The number of methoxy groups -OCH3 is 2. The second-order valence-corrected chi connectivity index (χ2v) is 4.51. The molecule has 20 heavy (non-hydrogen) atoms. The SMILES string of the molecule is COc1ccc(NC(=O)N2CCC[N]CC2)cc1OC. The summed E-state index contributed by atoms with van der Waals surface area (Å²) in [5.74, 6) is 1.23. The van der Waals surface area contributed by atoms with Gasteiger partial charge in [-0.1, -0.05) is 0 Å². The minimum absolute atomic E-state index is 0.102. The van der Waals surface area contributed by atoms with Crippen LogP contribution in [-0.4, -0.2) is 51.3 Å². The molecular weight excluding hydrogens is 258 g/mol. The average Bonchev–Trinajstić information content (AvgIpc) is 2.76. The number of rotatable bonds is 3. The number of hydrogen-bond donors (Lipinski definition) is 1. The van der Waals surface area contributed by atoms with Gasteiger partial charge >= 0.3 is 6.03 Å². The van der Waals surface area contributed by atoms with Crippen LogP contribution in [0.25, 0.3) is 0 Å². The lowest BCUT2D eigenvalue weighted by Gasteiger charge is -2.20. The van der Waals surface area contributed by atoms with Gasteiger partial charge in [0.15, 0.2) is 11.5 Å². The van der Waals surface area contributed by atoms with Crippen molar-refractivity contribution in [1.82, 2.24) is 10.2 Å². The van der Waals surface area contributed by atoms with E-state index in [0.717, 1.165) is 19.5 Å². The van der Waals surface area contributed by atoms with E-state index in [9.17, 15) is 4.79 Å². The number of hydrogen-bond acceptors (Lipinski definition) is 3. The van der Waals surface area contributed by atoms with Crippen molar-refractivity contribution in [2.24, 2.45) is 0 Å². The first-order valence-corrected chi connectivity index (χ1v) is 6.66. The number of carbonyl (C=O) groups excluding carboxylic acids is 1. The predicted molar refractivity (Wildman–Crippen MR) is 76.6 cm³/mol. The van der Waals surface area contributed by atoms with Gasteiger partial charge in [-0.2, -0.15) is 0 Å². The van der Waals surface area contributed by atoms with Crippen molar-refractivity contribution < 1.29 is 14.3 Å². The molecule has 0 atom stereocenters. The zero-order valence-corrected chi connectivity index (χ0v) is 11.9. The normalized spacial score (nSPS) is 15.4. The van der Waals surface area contributed by atoms with Crippen molar-refractivity contribution in [3.8, 4) is 11.5 Å². The number of anilines is 1. The summed E-state index contributed by atoms with van der Waals surface area (Å²) in [6.07, 6.45) is 0.916. The van der Waals surface area contributed by atoms with E-state index in [2.05, 4.69) is 10.6 Å². The van der Waals surface area contributed by atoms with Gasteiger partial charge in [-0.25, -0.2) is 10.1 Å². The molecule has 1 aliphatic rings. The van der Waals surface area contributed by atoms with Crippen LogP contribution in [0.1, 0.15) is 6.42 Å². The molecule has 6 heteroatoms. The monoisotopic (exact) mass is 278 g/mol. The van der Waals surface area contributed by atoms with Crippen LogP contribution >= 0.6 is 0 Å². The predicted octanol–water partition coefficient (Wildman–Crippen LogP) is 1.55. The Labute approximate surface area is 119 Å². The minimum Gasteiger partial charge on any atom is -0.493 e. The Hall–Kier alpha value is -1.95. The van der Waals surface area contributed by atoms with Gasteiger partial charge in [0.25, 0.3) is 0 Å². The zero-order valence-electron chi connectivity index (χ0n) is 11.9. The number of carbonyl (C=O) groups is 1. The van der Waals surface area contributed by atoms with Gasteiger partial charge in [0.05, 0.1) is 14.2 Å². The fourth-order valence-electron chi connectivity index (χ4n) is 2.11. The van der Waals surface area contributed by atoms with E-state index < -0.39 is 0 Å². The molecule has 2 rings (SSSR count). The van der Waals surface area contributed by atoms with E-state index >= 15 is 0 Å². The van der Waals surface area contributed by atoms with E-state index in [0.29, 0.717) is 30.3 Å². The van der Waals surface area contributed by atoms with Crippen LogP contribution in [0, 0.1) is 0 Å². The quantitative estimate of drug-likeness (QED) is 0.912. The van der Waals surface area contributed by atoms with Crippen molar-refractivity contribution in [3.05, 3.63) is 18.2 Å². The van der Waals surface area contributed by atoms with Crippen molar-refractivity contribution >= 4 is 11.7 Å². The molecule has 1 N–H and O–H groups in total. The first kappa shape index (κ1) is 14.5. The van der Waals surface area contributed by atoms with Gasteiger partial charge in [0.2, 0.25) is 0 Å². The van der Waals surface area contributed by atoms with Crippen molar-refractivity contribution in [1.29, 1.82) is 0 Å². The molecule has 1 aromatic carbocycles. The summed E-state index contributed by atoms with van der Waals surface area (Å²) in [5, 5.41) is 7.18. The van der Waals surface area contributed by atoms with Gasteiger partial charge in [0, 0.05) is 37.9 Å². The van der Waals surface area contributed by atoms with Crippen LogP contribution in [-0.2, 0) is 0 Å². The van der Waals surface area contributed by atoms with Crippen LogP contribution < -0.4 is 20.1 Å². The molecule has 1 fully saturated rings. The molecular formula is C14H20N3O3. The first-order valence-electron chi connectivity index (χ1n) is 6.66. The Morgan fingerprint density at radius 3 is 2.75 bits per heavy atom. The summed E-state index contributed by atoms with van der Waals surface area (Å²) >= 11 is 0. The van der Waals surface area contributed by atoms with Gasteiger partial charge < -0.3 is 19.7 Å². The van der Waals surface area contributed by atoms with E-state index in [1.165, 1.54) is 0 Å². The maximum atomic E-state index is 12.2. The molecule has 2 amide bonds. The fraction of sp³-hybridized carbons (Fsp3) is 0.500. The lowest BCUT2D eigenvalue weighted by Crippen LogP contribution is -2.37. The lowest BCUT2D eigenvalue weighted by atomic mass is 10.2. The molecule has 0 aliphatic carbocycles. The zero-order chi connectivity index (χ0) is 14.4. The van der Waals surface area contributed by atoms with Crippen LogP contribution in [0.5, 0.6) is 11.5 Å². The van der Waals surface area contributed by atoms with E-state index in [1.54, 1.807) is 37.3 Å². The van der Waals surface area contributed by atoms with Gasteiger partial charge in [-0.3, -0.25) is 0 Å². The molecule has 109 valence electrons. The third-order valence-electron chi connectivity index (χ3n) is 3.19. The molecule has 0 bridgehead atoms. The first-order chi connectivity index (χ1) is 9.74. The molecule has 6 nitrogen and oxygen atoms in total. The van der Waals surface area contributed by atoms with Crippen LogP contribution in [0.2, 0.25) is 0 Å². The smallest absolute Gasteiger partial charge is 0.321 e. The molecule has 1 radical (unpaired) electrons. The van der Waals surface area contributed by atoms with Crippen molar-refractivity contribution in [2.45, 2.75) is 6.42 Å². The molecule has 1 heterocycles. The topological polar surface area (TPSA) is 64.9 Å². The highest BCUT2D eigenvalue weighted by Gasteiger charge is 2.16. The van der Waals surface area contributed by atoms with E-state index in [-0.39, 0.29) is 6.03 Å². The highest BCUT2D eigenvalue weighted by molar-refractivity contribution is 5.89. The fourth-order valence-corrected chi connectivity index (χ4v) is 2.11. The highest BCUT2D eigenvalue weighted by Crippen LogP contribution is 2.29. The molecule has 0 aromatic heterocycles. The number of amides is 2. The number of benzene rings is 1. The molecule has 1 aromatic rings.